The minimum absolute atomic E-state index is 0.0746. The molecule has 0 fully saturated rings. The molecule has 1 aromatic rings. The molecule has 0 radical (unpaired) electrons. The fourth-order valence-corrected chi connectivity index (χ4v) is 2.14. The smallest absolute Gasteiger partial charge is 0.255 e. The van der Waals surface area contributed by atoms with Crippen molar-refractivity contribution in [3.8, 4) is 5.75 Å². The van der Waals surface area contributed by atoms with Gasteiger partial charge in [-0.1, -0.05) is 25.5 Å². The Balaban J connectivity index is 2.84. The molecule has 0 aromatic heterocycles. The van der Waals surface area contributed by atoms with Gasteiger partial charge in [0.15, 0.2) is 0 Å². The molecule has 4 heteroatoms. The topological polar surface area (TPSA) is 58.6 Å². The monoisotopic (exact) mass is 279 g/mol. The van der Waals surface area contributed by atoms with E-state index in [9.17, 15) is 9.90 Å². The summed E-state index contributed by atoms with van der Waals surface area (Å²) in [6, 6.07) is 5.52. The Morgan fingerprint density at radius 3 is 2.50 bits per heavy atom. The summed E-state index contributed by atoms with van der Waals surface area (Å²) in [6.45, 7) is 6.53. The molecule has 0 unspecified atom stereocenters. The van der Waals surface area contributed by atoms with Gasteiger partial charge in [-0.3, -0.25) is 4.79 Å². The van der Waals surface area contributed by atoms with Crippen LogP contribution in [0.2, 0.25) is 0 Å². The van der Waals surface area contributed by atoms with E-state index >= 15 is 0 Å². The number of carbonyl (C=O) groups is 1. The van der Waals surface area contributed by atoms with Crippen molar-refractivity contribution >= 4 is 5.91 Å². The number of amides is 1. The molecule has 0 atom stereocenters. The van der Waals surface area contributed by atoms with Crippen molar-refractivity contribution in [3.63, 3.8) is 0 Å². The second-order valence-electron chi connectivity index (χ2n) is 5.25. The fraction of sp³-hybridized carbons (Fsp3) is 0.562. The van der Waals surface area contributed by atoms with Gasteiger partial charge < -0.3 is 15.2 Å². The van der Waals surface area contributed by atoms with Crippen molar-refractivity contribution in [2.24, 2.45) is 5.41 Å². The number of hydrogen-bond donors (Lipinski definition) is 2. The maximum absolute atomic E-state index is 12.3. The molecule has 0 aliphatic carbocycles. The predicted molar refractivity (Wildman–Crippen MR) is 80.2 cm³/mol. The molecule has 1 amide bonds. The number of aliphatic hydroxyl groups is 1. The third kappa shape index (κ3) is 3.73. The summed E-state index contributed by atoms with van der Waals surface area (Å²) < 4.78 is 5.22. The molecule has 0 aliphatic heterocycles. The zero-order valence-electron chi connectivity index (χ0n) is 12.8. The number of rotatable bonds is 7. The Kier molecular flexibility index (Phi) is 6.02. The van der Waals surface area contributed by atoms with Gasteiger partial charge in [0, 0.05) is 12.0 Å². The van der Waals surface area contributed by atoms with E-state index in [1.54, 1.807) is 13.2 Å². The highest BCUT2D eigenvalue weighted by molar-refractivity contribution is 5.97. The Hall–Kier alpha value is -1.55. The molecule has 4 nitrogen and oxygen atoms in total. The summed E-state index contributed by atoms with van der Waals surface area (Å²) in [5.41, 5.74) is 1.30. The molecular weight excluding hydrogens is 254 g/mol. The van der Waals surface area contributed by atoms with E-state index in [0.717, 1.165) is 18.4 Å². The summed E-state index contributed by atoms with van der Waals surface area (Å²) >= 11 is 0. The van der Waals surface area contributed by atoms with Crippen LogP contribution in [0, 0.1) is 12.3 Å². The summed E-state index contributed by atoms with van der Waals surface area (Å²) in [5.74, 6) is 0.404. The van der Waals surface area contributed by atoms with Crippen molar-refractivity contribution in [2.45, 2.75) is 33.6 Å². The zero-order chi connectivity index (χ0) is 15.2. The van der Waals surface area contributed by atoms with Gasteiger partial charge in [-0.25, -0.2) is 0 Å². The lowest BCUT2D eigenvalue weighted by molar-refractivity contribution is 0.0848. The van der Waals surface area contributed by atoms with Crippen LogP contribution in [0.25, 0.3) is 0 Å². The number of benzene rings is 1. The first-order chi connectivity index (χ1) is 9.51. The van der Waals surface area contributed by atoms with Crippen molar-refractivity contribution in [2.75, 3.05) is 20.3 Å². The van der Waals surface area contributed by atoms with Crippen LogP contribution in [-0.2, 0) is 0 Å². The highest BCUT2D eigenvalue weighted by atomic mass is 16.5. The Labute approximate surface area is 121 Å². The van der Waals surface area contributed by atoms with Gasteiger partial charge in [0.1, 0.15) is 5.75 Å². The van der Waals surface area contributed by atoms with Gasteiger partial charge in [0.25, 0.3) is 5.91 Å². The van der Waals surface area contributed by atoms with Crippen LogP contribution >= 0.6 is 0 Å². The van der Waals surface area contributed by atoms with Gasteiger partial charge in [-0.2, -0.15) is 0 Å². The number of ether oxygens (including phenoxy) is 1. The second kappa shape index (κ2) is 7.29. The average molecular weight is 279 g/mol. The molecule has 0 spiro atoms. The lowest BCUT2D eigenvalue weighted by Crippen LogP contribution is -2.39. The van der Waals surface area contributed by atoms with Crippen molar-refractivity contribution in [1.82, 2.24) is 5.32 Å². The molecule has 1 aromatic carbocycles. The number of carbonyl (C=O) groups excluding carboxylic acids is 1. The van der Waals surface area contributed by atoms with Crippen LogP contribution in [0.3, 0.4) is 0 Å². The molecule has 1 rings (SSSR count). The summed E-state index contributed by atoms with van der Waals surface area (Å²) in [5, 5.41) is 12.4. The maximum Gasteiger partial charge on any atom is 0.255 e. The largest absolute Gasteiger partial charge is 0.496 e. The number of aliphatic hydroxyl groups excluding tert-OH is 1. The lowest BCUT2D eigenvalue weighted by atomic mass is 9.83. The van der Waals surface area contributed by atoms with Crippen molar-refractivity contribution < 1.29 is 14.6 Å². The molecule has 0 aliphatic rings. The first-order valence-electron chi connectivity index (χ1n) is 7.05. The summed E-state index contributed by atoms with van der Waals surface area (Å²) in [4.78, 5) is 12.3. The van der Waals surface area contributed by atoms with E-state index in [4.69, 9.17) is 4.74 Å². The molecule has 0 heterocycles. The number of nitrogens with one attached hydrogen (secondary N) is 1. The van der Waals surface area contributed by atoms with Crippen LogP contribution in [0.1, 0.15) is 42.6 Å². The number of aryl methyl sites for hydroxylation is 1. The zero-order valence-corrected chi connectivity index (χ0v) is 12.8. The molecule has 20 heavy (non-hydrogen) atoms. The third-order valence-corrected chi connectivity index (χ3v) is 4.06. The first-order valence-corrected chi connectivity index (χ1v) is 7.05. The average Bonchev–Trinajstić information content (AvgIpc) is 2.49. The summed E-state index contributed by atoms with van der Waals surface area (Å²) in [6.07, 6.45) is 1.65. The van der Waals surface area contributed by atoms with E-state index in [1.807, 2.05) is 32.9 Å². The standard InChI is InChI=1S/C16H25NO3/c1-5-16(6-2,11-18)10-17-15(19)13-9-12(3)7-8-14(13)20-4/h7-9,18H,5-6,10-11H2,1-4H3,(H,17,19). The molecular formula is C16H25NO3. The van der Waals surface area contributed by atoms with Gasteiger partial charge >= 0.3 is 0 Å². The lowest BCUT2D eigenvalue weighted by Gasteiger charge is -2.29. The third-order valence-electron chi connectivity index (χ3n) is 4.06. The van der Waals surface area contributed by atoms with E-state index in [1.165, 1.54) is 0 Å². The van der Waals surface area contributed by atoms with E-state index in [0.29, 0.717) is 17.9 Å². The summed E-state index contributed by atoms with van der Waals surface area (Å²) in [7, 11) is 1.55. The quantitative estimate of drug-likeness (QED) is 0.806. The van der Waals surface area contributed by atoms with Gasteiger partial charge in [-0.05, 0) is 31.9 Å². The maximum atomic E-state index is 12.3. The van der Waals surface area contributed by atoms with E-state index in [2.05, 4.69) is 5.32 Å². The Morgan fingerprint density at radius 1 is 1.35 bits per heavy atom. The fourth-order valence-electron chi connectivity index (χ4n) is 2.14. The van der Waals surface area contributed by atoms with E-state index in [-0.39, 0.29) is 17.9 Å². The number of methoxy groups -OCH3 is 1. The molecule has 0 saturated heterocycles. The Morgan fingerprint density at radius 2 is 2.00 bits per heavy atom. The molecule has 112 valence electrons. The van der Waals surface area contributed by atoms with Gasteiger partial charge in [0.2, 0.25) is 0 Å². The van der Waals surface area contributed by atoms with Crippen LogP contribution in [0.15, 0.2) is 18.2 Å². The van der Waals surface area contributed by atoms with Gasteiger partial charge in [-0.15, -0.1) is 0 Å². The first kappa shape index (κ1) is 16.5. The number of hydrogen-bond acceptors (Lipinski definition) is 3. The van der Waals surface area contributed by atoms with Crippen molar-refractivity contribution in [1.29, 1.82) is 0 Å². The highest BCUT2D eigenvalue weighted by Gasteiger charge is 2.26. The van der Waals surface area contributed by atoms with Crippen LogP contribution in [0.4, 0.5) is 0 Å². The van der Waals surface area contributed by atoms with Crippen LogP contribution in [-0.4, -0.2) is 31.3 Å². The van der Waals surface area contributed by atoms with Crippen LogP contribution in [0.5, 0.6) is 5.75 Å². The minimum atomic E-state index is -0.243. The molecule has 0 saturated carbocycles. The minimum Gasteiger partial charge on any atom is -0.496 e. The molecule has 0 bridgehead atoms. The van der Waals surface area contributed by atoms with Crippen LogP contribution < -0.4 is 10.1 Å². The van der Waals surface area contributed by atoms with Crippen molar-refractivity contribution in [3.05, 3.63) is 29.3 Å². The SMILES string of the molecule is CCC(CC)(CO)CNC(=O)c1cc(C)ccc1OC. The highest BCUT2D eigenvalue weighted by Crippen LogP contribution is 2.25. The normalized spacial score (nSPS) is 11.2. The predicted octanol–water partition coefficient (Wildman–Crippen LogP) is 2.53. The second-order valence-corrected chi connectivity index (χ2v) is 5.25. The molecule has 2 N–H and O–H groups in total. The Bertz CT molecular complexity index is 445. The van der Waals surface area contributed by atoms with E-state index < -0.39 is 0 Å². The van der Waals surface area contributed by atoms with Gasteiger partial charge in [0.05, 0.1) is 19.3 Å².